The van der Waals surface area contributed by atoms with E-state index in [-0.39, 0.29) is 11.3 Å². The zero-order valence-electron chi connectivity index (χ0n) is 8.69. The molecule has 2 heterocycles. The summed E-state index contributed by atoms with van der Waals surface area (Å²) >= 11 is 0. The van der Waals surface area contributed by atoms with Crippen molar-refractivity contribution in [2.75, 3.05) is 13.2 Å². The molecule has 0 amide bonds. The van der Waals surface area contributed by atoms with Gasteiger partial charge in [-0.2, -0.15) is 0 Å². The van der Waals surface area contributed by atoms with E-state index in [0.29, 0.717) is 19.6 Å². The minimum absolute atomic E-state index is 0.110. The van der Waals surface area contributed by atoms with E-state index in [1.54, 1.807) is 6.92 Å². The highest BCUT2D eigenvalue weighted by atomic mass is 16.5. The predicted octanol–water partition coefficient (Wildman–Crippen LogP) is 1.39. The Kier molecular flexibility index (Phi) is 2.52. The summed E-state index contributed by atoms with van der Waals surface area (Å²) in [5, 5.41) is 8.91. The molecule has 0 spiro atoms. The van der Waals surface area contributed by atoms with Crippen LogP contribution in [-0.2, 0) is 14.9 Å². The second kappa shape index (κ2) is 3.70. The number of aromatic amines is 1. The van der Waals surface area contributed by atoms with Gasteiger partial charge in [0.2, 0.25) is 0 Å². The molecule has 1 aliphatic rings. The third-order valence-electron chi connectivity index (χ3n) is 3.04. The highest BCUT2D eigenvalue weighted by molar-refractivity contribution is 5.69. The van der Waals surface area contributed by atoms with Crippen LogP contribution < -0.4 is 0 Å². The maximum absolute atomic E-state index is 10.8. The van der Waals surface area contributed by atoms with Crippen LogP contribution in [0.25, 0.3) is 0 Å². The second-order valence-electron chi connectivity index (χ2n) is 4.30. The molecule has 82 valence electrons. The van der Waals surface area contributed by atoms with Gasteiger partial charge in [-0.25, -0.2) is 0 Å². The number of nitrogens with one attached hydrogen (secondary N) is 1. The fourth-order valence-electron chi connectivity index (χ4n) is 2.07. The Morgan fingerprint density at radius 2 is 2.47 bits per heavy atom. The number of carbonyl (C=O) groups is 1. The van der Waals surface area contributed by atoms with Crippen molar-refractivity contribution in [2.45, 2.75) is 18.8 Å². The third kappa shape index (κ3) is 1.77. The number of carboxylic acid groups (broad SMARTS) is 1. The molecular weight excluding hydrogens is 194 g/mol. The molecule has 1 aromatic heterocycles. The lowest BCUT2D eigenvalue weighted by Crippen LogP contribution is -2.48. The molecule has 0 aliphatic carbocycles. The lowest BCUT2D eigenvalue weighted by atomic mass is 9.75. The molecule has 4 heteroatoms. The lowest BCUT2D eigenvalue weighted by Gasteiger charge is -2.42. The van der Waals surface area contributed by atoms with E-state index in [1.807, 2.05) is 18.3 Å². The van der Waals surface area contributed by atoms with Crippen molar-refractivity contribution in [1.82, 2.24) is 4.98 Å². The minimum atomic E-state index is -0.743. The van der Waals surface area contributed by atoms with Crippen molar-refractivity contribution < 1.29 is 14.6 Å². The molecule has 0 aromatic carbocycles. The Balaban J connectivity index is 2.13. The number of hydrogen-bond acceptors (Lipinski definition) is 2. The monoisotopic (exact) mass is 209 g/mol. The first-order chi connectivity index (χ1) is 7.14. The maximum atomic E-state index is 10.8. The van der Waals surface area contributed by atoms with Crippen LogP contribution in [0.3, 0.4) is 0 Å². The van der Waals surface area contributed by atoms with Gasteiger partial charge in [0.15, 0.2) is 0 Å². The first kappa shape index (κ1) is 10.2. The van der Waals surface area contributed by atoms with Gasteiger partial charge >= 0.3 is 5.97 Å². The first-order valence-corrected chi connectivity index (χ1v) is 5.08. The zero-order chi connectivity index (χ0) is 10.9. The summed E-state index contributed by atoms with van der Waals surface area (Å²) < 4.78 is 5.23. The highest BCUT2D eigenvalue weighted by Gasteiger charge is 2.43. The summed E-state index contributed by atoms with van der Waals surface area (Å²) in [6.07, 6.45) is 2.49. The zero-order valence-corrected chi connectivity index (χ0v) is 8.69. The van der Waals surface area contributed by atoms with Crippen LogP contribution in [0.15, 0.2) is 18.3 Å². The SMILES string of the molecule is CC(CC1(c2ccc[nH]2)COC1)C(=O)O. The molecule has 1 aliphatic heterocycles. The molecule has 1 saturated heterocycles. The second-order valence-corrected chi connectivity index (χ2v) is 4.30. The number of aromatic nitrogens is 1. The molecule has 1 fully saturated rings. The van der Waals surface area contributed by atoms with Crippen LogP contribution in [0.2, 0.25) is 0 Å². The lowest BCUT2D eigenvalue weighted by molar-refractivity contribution is -0.144. The quantitative estimate of drug-likeness (QED) is 0.787. The smallest absolute Gasteiger partial charge is 0.306 e. The Morgan fingerprint density at radius 3 is 2.87 bits per heavy atom. The third-order valence-corrected chi connectivity index (χ3v) is 3.04. The molecule has 2 N–H and O–H groups in total. The van der Waals surface area contributed by atoms with E-state index in [2.05, 4.69) is 4.98 Å². The largest absolute Gasteiger partial charge is 0.481 e. The van der Waals surface area contributed by atoms with Crippen molar-refractivity contribution in [3.8, 4) is 0 Å². The molecule has 0 bridgehead atoms. The van der Waals surface area contributed by atoms with Crippen molar-refractivity contribution in [3.63, 3.8) is 0 Å². The molecule has 15 heavy (non-hydrogen) atoms. The number of rotatable bonds is 4. The van der Waals surface area contributed by atoms with Gasteiger partial charge in [0.1, 0.15) is 0 Å². The van der Waals surface area contributed by atoms with E-state index >= 15 is 0 Å². The molecule has 1 unspecified atom stereocenters. The predicted molar refractivity (Wildman–Crippen MR) is 54.7 cm³/mol. The van der Waals surface area contributed by atoms with Crippen LogP contribution in [0.5, 0.6) is 0 Å². The fourth-order valence-corrected chi connectivity index (χ4v) is 2.07. The standard InChI is InChI=1S/C11H15NO3/c1-8(10(13)14)5-11(6-15-7-11)9-3-2-4-12-9/h2-4,8,12H,5-7H2,1H3,(H,13,14). The number of H-pyrrole nitrogens is 1. The summed E-state index contributed by atoms with van der Waals surface area (Å²) in [6.45, 7) is 2.97. The Labute approximate surface area is 88.3 Å². The number of hydrogen-bond donors (Lipinski definition) is 2. The van der Waals surface area contributed by atoms with E-state index < -0.39 is 5.97 Å². The summed E-state index contributed by atoms with van der Waals surface area (Å²) in [5.41, 5.74) is 0.975. The number of aliphatic carboxylic acids is 1. The normalized spacial score (nSPS) is 20.6. The van der Waals surface area contributed by atoms with Crippen LogP contribution in [0.1, 0.15) is 19.0 Å². The summed E-state index contributed by atoms with van der Waals surface area (Å²) in [7, 11) is 0. The molecule has 1 atom stereocenters. The average molecular weight is 209 g/mol. The van der Waals surface area contributed by atoms with Crippen molar-refractivity contribution in [1.29, 1.82) is 0 Å². The van der Waals surface area contributed by atoms with Crippen molar-refractivity contribution >= 4 is 5.97 Å². The van der Waals surface area contributed by atoms with Crippen LogP contribution in [0.4, 0.5) is 0 Å². The average Bonchev–Trinajstić information content (AvgIpc) is 2.63. The van der Waals surface area contributed by atoms with Gasteiger partial charge in [0.25, 0.3) is 0 Å². The fraction of sp³-hybridized carbons (Fsp3) is 0.545. The molecule has 0 radical (unpaired) electrons. The Morgan fingerprint density at radius 1 is 1.73 bits per heavy atom. The van der Waals surface area contributed by atoms with Gasteiger partial charge in [-0.3, -0.25) is 4.79 Å². The topological polar surface area (TPSA) is 62.3 Å². The van der Waals surface area contributed by atoms with Gasteiger partial charge in [0, 0.05) is 11.9 Å². The molecule has 4 nitrogen and oxygen atoms in total. The van der Waals surface area contributed by atoms with Crippen LogP contribution in [0, 0.1) is 5.92 Å². The number of carboxylic acids is 1. The van der Waals surface area contributed by atoms with Gasteiger partial charge in [-0.1, -0.05) is 6.92 Å². The van der Waals surface area contributed by atoms with E-state index in [4.69, 9.17) is 9.84 Å². The minimum Gasteiger partial charge on any atom is -0.481 e. The molecular formula is C11H15NO3. The van der Waals surface area contributed by atoms with E-state index in [9.17, 15) is 4.79 Å². The molecule has 0 saturated carbocycles. The maximum Gasteiger partial charge on any atom is 0.306 e. The van der Waals surface area contributed by atoms with Crippen LogP contribution in [-0.4, -0.2) is 29.3 Å². The van der Waals surface area contributed by atoms with Gasteiger partial charge in [0.05, 0.1) is 24.5 Å². The molecule has 2 rings (SSSR count). The van der Waals surface area contributed by atoms with Gasteiger partial charge in [-0.15, -0.1) is 0 Å². The summed E-state index contributed by atoms with van der Waals surface area (Å²) in [6, 6.07) is 3.93. The molecule has 1 aromatic rings. The van der Waals surface area contributed by atoms with Crippen LogP contribution >= 0.6 is 0 Å². The summed E-state index contributed by atoms with van der Waals surface area (Å²) in [4.78, 5) is 14.0. The van der Waals surface area contributed by atoms with Crippen molar-refractivity contribution in [2.24, 2.45) is 5.92 Å². The van der Waals surface area contributed by atoms with Gasteiger partial charge < -0.3 is 14.8 Å². The first-order valence-electron chi connectivity index (χ1n) is 5.08. The van der Waals surface area contributed by atoms with Crippen molar-refractivity contribution in [3.05, 3.63) is 24.0 Å². The van der Waals surface area contributed by atoms with Gasteiger partial charge in [-0.05, 0) is 18.6 Å². The Bertz CT molecular complexity index is 341. The summed E-state index contributed by atoms with van der Waals surface area (Å²) in [5.74, 6) is -1.08. The van der Waals surface area contributed by atoms with E-state index in [1.165, 1.54) is 0 Å². The highest BCUT2D eigenvalue weighted by Crippen LogP contribution is 2.37. The Hall–Kier alpha value is -1.29. The van der Waals surface area contributed by atoms with E-state index in [0.717, 1.165) is 5.69 Å². The number of ether oxygens (including phenoxy) is 1.